The molecule has 0 spiro atoms. The zero-order valence-electron chi connectivity index (χ0n) is 13.8. The Morgan fingerprint density at radius 2 is 2.00 bits per heavy atom. The third-order valence-corrected chi connectivity index (χ3v) is 5.25. The van der Waals surface area contributed by atoms with E-state index in [9.17, 15) is 14.7 Å². The van der Waals surface area contributed by atoms with Gasteiger partial charge in [-0.1, -0.05) is 74.9 Å². The Kier molecular flexibility index (Phi) is 6.57. The van der Waals surface area contributed by atoms with E-state index in [1.165, 1.54) is 10.5 Å². The number of amides is 1. The van der Waals surface area contributed by atoms with Crippen LogP contribution in [0.1, 0.15) is 44.2 Å². The van der Waals surface area contributed by atoms with Crippen molar-refractivity contribution >= 4 is 46.3 Å². The minimum Gasteiger partial charge on any atom is -0.548 e. The second-order valence-corrected chi connectivity index (χ2v) is 7.30. The quantitative estimate of drug-likeness (QED) is 0.551. The van der Waals surface area contributed by atoms with Gasteiger partial charge in [0, 0.05) is 0 Å². The van der Waals surface area contributed by atoms with Crippen molar-refractivity contribution in [1.82, 2.24) is 4.90 Å². The first-order valence-corrected chi connectivity index (χ1v) is 9.27. The summed E-state index contributed by atoms with van der Waals surface area (Å²) >= 11 is 6.38. The van der Waals surface area contributed by atoms with E-state index in [1.54, 1.807) is 6.08 Å². The maximum atomic E-state index is 12.6. The van der Waals surface area contributed by atoms with E-state index in [4.69, 9.17) is 12.2 Å². The monoisotopic (exact) mass is 362 g/mol. The van der Waals surface area contributed by atoms with Gasteiger partial charge >= 0.3 is 0 Å². The first-order valence-electron chi connectivity index (χ1n) is 8.04. The maximum Gasteiger partial charge on any atom is 0.266 e. The van der Waals surface area contributed by atoms with E-state index >= 15 is 0 Å². The molecule has 1 aromatic carbocycles. The highest BCUT2D eigenvalue weighted by molar-refractivity contribution is 8.26. The summed E-state index contributed by atoms with van der Waals surface area (Å²) in [6.07, 6.45) is 4.60. The number of rotatable bonds is 7. The Balaban J connectivity index is 2.23. The number of hydrogen-bond acceptors (Lipinski definition) is 5. The van der Waals surface area contributed by atoms with Crippen molar-refractivity contribution in [2.75, 3.05) is 0 Å². The lowest BCUT2D eigenvalue weighted by Crippen LogP contribution is -2.49. The number of aliphatic carboxylic acids is 1. The molecule has 1 aromatic rings. The van der Waals surface area contributed by atoms with Crippen LogP contribution in [0.5, 0.6) is 0 Å². The van der Waals surface area contributed by atoms with Crippen LogP contribution in [0.4, 0.5) is 0 Å². The van der Waals surface area contributed by atoms with Gasteiger partial charge in [-0.05, 0) is 30.0 Å². The Hall–Kier alpha value is -1.66. The van der Waals surface area contributed by atoms with Crippen LogP contribution in [0, 0.1) is 0 Å². The molecular formula is C18H20NO3S2-. The third kappa shape index (κ3) is 4.24. The SMILES string of the molecule is CCCC[C@@H](C(=O)[O-])N1C(=O)/C(=C/c2ccc(CC)cc2)SC1=S. The molecular weight excluding hydrogens is 342 g/mol. The minimum absolute atomic E-state index is 0.279. The molecule has 1 aliphatic rings. The summed E-state index contributed by atoms with van der Waals surface area (Å²) in [5.41, 5.74) is 2.11. The first kappa shape index (κ1) is 18.7. The van der Waals surface area contributed by atoms with Crippen LogP contribution in [0.15, 0.2) is 29.2 Å². The number of hydrogen-bond donors (Lipinski definition) is 0. The van der Waals surface area contributed by atoms with E-state index in [1.807, 2.05) is 31.2 Å². The fraction of sp³-hybridized carbons (Fsp3) is 0.389. The molecule has 1 aliphatic heterocycles. The van der Waals surface area contributed by atoms with Gasteiger partial charge in [0.2, 0.25) is 0 Å². The van der Waals surface area contributed by atoms with Crippen molar-refractivity contribution in [2.24, 2.45) is 0 Å². The molecule has 1 atom stereocenters. The highest BCUT2D eigenvalue weighted by atomic mass is 32.2. The normalized spacial score (nSPS) is 17.6. The van der Waals surface area contributed by atoms with Crippen LogP contribution in [0.2, 0.25) is 0 Å². The van der Waals surface area contributed by atoms with E-state index in [2.05, 4.69) is 6.92 Å². The van der Waals surface area contributed by atoms with Crippen molar-refractivity contribution in [3.8, 4) is 0 Å². The van der Waals surface area contributed by atoms with Gasteiger partial charge in [0.25, 0.3) is 5.91 Å². The highest BCUT2D eigenvalue weighted by Gasteiger charge is 2.37. The molecule has 0 aromatic heterocycles. The number of aryl methyl sites for hydroxylation is 1. The molecule has 1 saturated heterocycles. The van der Waals surface area contributed by atoms with Gasteiger partial charge in [0.15, 0.2) is 0 Å². The van der Waals surface area contributed by atoms with Crippen molar-refractivity contribution in [2.45, 2.75) is 45.6 Å². The van der Waals surface area contributed by atoms with Crippen LogP contribution < -0.4 is 5.11 Å². The topological polar surface area (TPSA) is 60.4 Å². The number of thioether (sulfide) groups is 1. The van der Waals surface area contributed by atoms with Gasteiger partial charge < -0.3 is 9.90 Å². The summed E-state index contributed by atoms with van der Waals surface area (Å²) in [6, 6.07) is 6.92. The predicted octanol–water partition coefficient (Wildman–Crippen LogP) is 2.76. The Bertz CT molecular complexity index is 667. The molecule has 0 radical (unpaired) electrons. The second-order valence-electron chi connectivity index (χ2n) is 5.62. The van der Waals surface area contributed by atoms with Crippen LogP contribution >= 0.6 is 24.0 Å². The molecule has 1 amide bonds. The van der Waals surface area contributed by atoms with Crippen LogP contribution in [-0.2, 0) is 16.0 Å². The fourth-order valence-electron chi connectivity index (χ4n) is 2.50. The second kappa shape index (κ2) is 8.44. The number of nitrogens with zero attached hydrogens (tertiary/aromatic N) is 1. The molecule has 24 heavy (non-hydrogen) atoms. The molecule has 0 saturated carbocycles. The molecule has 4 nitrogen and oxygen atoms in total. The van der Waals surface area contributed by atoms with Crippen molar-refractivity contribution in [3.63, 3.8) is 0 Å². The lowest BCUT2D eigenvalue weighted by Gasteiger charge is -2.27. The molecule has 2 rings (SSSR count). The standard InChI is InChI=1S/C18H21NO3S2/c1-3-5-6-14(17(21)22)19-16(20)15(24-18(19)23)11-13-9-7-12(4-2)8-10-13/h7-11,14H,3-6H2,1-2H3,(H,21,22)/p-1/b15-11-/t14-/m0/s1. The summed E-state index contributed by atoms with van der Waals surface area (Å²) in [4.78, 5) is 25.7. The molecule has 1 fully saturated rings. The van der Waals surface area contributed by atoms with Gasteiger partial charge in [-0.2, -0.15) is 0 Å². The number of carboxylic acids is 1. The van der Waals surface area contributed by atoms with Gasteiger partial charge in [-0.25, -0.2) is 0 Å². The lowest BCUT2D eigenvalue weighted by atomic mass is 10.1. The third-order valence-electron chi connectivity index (χ3n) is 3.92. The predicted molar refractivity (Wildman–Crippen MR) is 99.2 cm³/mol. The zero-order valence-corrected chi connectivity index (χ0v) is 15.4. The average molecular weight is 362 g/mol. The molecule has 0 N–H and O–H groups in total. The van der Waals surface area contributed by atoms with Crippen molar-refractivity contribution in [1.29, 1.82) is 0 Å². The van der Waals surface area contributed by atoms with Gasteiger partial charge in [0.1, 0.15) is 4.32 Å². The van der Waals surface area contributed by atoms with Gasteiger partial charge in [0.05, 0.1) is 16.9 Å². The van der Waals surface area contributed by atoms with Crippen molar-refractivity contribution < 1.29 is 14.7 Å². The molecule has 0 bridgehead atoms. The summed E-state index contributed by atoms with van der Waals surface area (Å²) in [6.45, 7) is 4.05. The summed E-state index contributed by atoms with van der Waals surface area (Å²) < 4.78 is 0.279. The number of carboxylic acid groups (broad SMARTS) is 1. The van der Waals surface area contributed by atoms with Crippen LogP contribution in [0.25, 0.3) is 6.08 Å². The number of carbonyl (C=O) groups excluding carboxylic acids is 2. The summed E-state index contributed by atoms with van der Waals surface area (Å²) in [5.74, 6) is -1.61. The number of carbonyl (C=O) groups is 2. The smallest absolute Gasteiger partial charge is 0.266 e. The highest BCUT2D eigenvalue weighted by Crippen LogP contribution is 2.34. The van der Waals surface area contributed by atoms with Crippen LogP contribution in [0.3, 0.4) is 0 Å². The fourth-order valence-corrected chi connectivity index (χ4v) is 3.86. The Morgan fingerprint density at radius 1 is 1.33 bits per heavy atom. The molecule has 1 heterocycles. The van der Waals surface area contributed by atoms with Gasteiger partial charge in [-0.15, -0.1) is 0 Å². The minimum atomic E-state index is -1.26. The largest absolute Gasteiger partial charge is 0.548 e. The van der Waals surface area contributed by atoms with E-state index in [0.717, 1.165) is 30.2 Å². The van der Waals surface area contributed by atoms with Gasteiger partial charge in [-0.3, -0.25) is 9.69 Å². The number of unbranched alkanes of at least 4 members (excludes halogenated alkanes) is 1. The number of benzene rings is 1. The molecule has 0 unspecified atom stereocenters. The lowest BCUT2D eigenvalue weighted by molar-refractivity contribution is -0.310. The van der Waals surface area contributed by atoms with E-state index in [-0.39, 0.29) is 10.2 Å². The first-order chi connectivity index (χ1) is 11.5. The summed E-state index contributed by atoms with van der Waals surface area (Å²) in [5, 5.41) is 11.4. The van der Waals surface area contributed by atoms with Crippen LogP contribution in [-0.4, -0.2) is 27.1 Å². The average Bonchev–Trinajstić information content (AvgIpc) is 2.83. The maximum absolute atomic E-state index is 12.6. The Morgan fingerprint density at radius 3 is 2.54 bits per heavy atom. The molecule has 0 aliphatic carbocycles. The zero-order chi connectivity index (χ0) is 17.7. The van der Waals surface area contributed by atoms with E-state index < -0.39 is 12.0 Å². The summed E-state index contributed by atoms with van der Waals surface area (Å²) in [7, 11) is 0. The Labute approximate surface area is 151 Å². The van der Waals surface area contributed by atoms with Crippen molar-refractivity contribution in [3.05, 3.63) is 40.3 Å². The van der Waals surface area contributed by atoms with E-state index in [0.29, 0.717) is 17.7 Å². The number of thiocarbonyl (C=S) groups is 1. The molecule has 6 heteroatoms. The molecule has 128 valence electrons.